The van der Waals surface area contributed by atoms with Crippen LogP contribution in [0.2, 0.25) is 33.2 Å². The van der Waals surface area contributed by atoms with Crippen LogP contribution < -0.4 is 0 Å². The highest BCUT2D eigenvalue weighted by atomic mass is 28.3. The predicted molar refractivity (Wildman–Crippen MR) is 210 cm³/mol. The Morgan fingerprint density at radius 2 is 0.717 bits per heavy atom. The third-order valence-corrected chi connectivity index (χ3v) is 25.4. The Morgan fingerprint density at radius 3 is 1.02 bits per heavy atom. The molecule has 2 aliphatic carbocycles. The van der Waals surface area contributed by atoms with Crippen molar-refractivity contribution in [3.8, 4) is 34.1 Å². The van der Waals surface area contributed by atoms with Crippen molar-refractivity contribution in [1.29, 1.82) is 0 Å². The summed E-state index contributed by atoms with van der Waals surface area (Å²) in [4.78, 5) is 0. The highest BCUT2D eigenvalue weighted by Crippen LogP contribution is 2.59. The van der Waals surface area contributed by atoms with Crippen molar-refractivity contribution in [2.75, 3.05) is 0 Å². The molecule has 0 aliphatic heterocycles. The Hall–Kier alpha value is -2.79. The molecule has 6 rings (SSSR count). The first-order valence-corrected chi connectivity index (χ1v) is 22.7. The summed E-state index contributed by atoms with van der Waals surface area (Å²) in [5, 5.41) is 8.54. The van der Waals surface area contributed by atoms with Crippen LogP contribution in [0.5, 0.6) is 0 Å². The van der Waals surface area contributed by atoms with Crippen molar-refractivity contribution in [2.45, 2.75) is 141 Å². The normalized spacial score (nSPS) is 17.3. The number of benzene rings is 4. The lowest BCUT2D eigenvalue weighted by atomic mass is 9.69. The molecule has 46 heavy (non-hydrogen) atoms. The van der Waals surface area contributed by atoms with Gasteiger partial charge in [-0.15, -0.1) is 22.9 Å². The molecule has 0 radical (unpaired) electrons. The van der Waals surface area contributed by atoms with Crippen molar-refractivity contribution < 1.29 is 0 Å². The van der Waals surface area contributed by atoms with E-state index in [1.165, 1.54) is 54.6 Å². The Balaban J connectivity index is 1.56. The van der Waals surface area contributed by atoms with Crippen molar-refractivity contribution >= 4 is 48.5 Å². The van der Waals surface area contributed by atoms with Crippen LogP contribution in [0.3, 0.4) is 0 Å². The van der Waals surface area contributed by atoms with Crippen LogP contribution in [0.25, 0.3) is 43.4 Å². The van der Waals surface area contributed by atoms with Crippen LogP contribution in [0.4, 0.5) is 0 Å². The van der Waals surface area contributed by atoms with Gasteiger partial charge in [-0.3, -0.25) is 0 Å². The second-order valence-corrected chi connectivity index (χ2v) is 27.7. The third-order valence-electron chi connectivity index (χ3n) is 12.7. The zero-order valence-electron chi connectivity index (χ0n) is 30.7. The molecule has 0 aromatic heterocycles. The highest BCUT2D eigenvalue weighted by molar-refractivity contribution is 6.91. The van der Waals surface area contributed by atoms with E-state index >= 15 is 0 Å². The van der Waals surface area contributed by atoms with Crippen molar-refractivity contribution in [1.82, 2.24) is 0 Å². The first kappa shape index (κ1) is 33.1. The minimum Gasteiger partial charge on any atom is -0.130 e. The third kappa shape index (κ3) is 4.69. The molecule has 0 nitrogen and oxygen atoms in total. The van der Waals surface area contributed by atoms with Gasteiger partial charge in [-0.1, -0.05) is 132 Å². The molecule has 0 fully saturated rings. The molecule has 2 atom stereocenters. The smallest absolute Gasteiger partial charge is 0.130 e. The van der Waals surface area contributed by atoms with Gasteiger partial charge in [-0.2, -0.15) is 0 Å². The molecule has 0 bridgehead atoms. The Bertz CT molecular complexity index is 1760. The standard InChI is InChI=1S/C44H56Si2/c1-27(2)45(28(3)4,29(5)6)25-13-15-36-37(16-14-26-46(30(7)8,31(9)10)32(11)12)39-24-22-35-20-18-33-17-19-34-21-23-38(36)43-41(34)40(33)42(35)44(39)43/h17-24,27-32,36-37H,15-16H2,1-12H3/t36-,37-/m0/s1. The average molecular weight is 641 g/mol. The summed E-state index contributed by atoms with van der Waals surface area (Å²) in [6.45, 7) is 29.2. The highest BCUT2D eigenvalue weighted by Gasteiger charge is 2.44. The summed E-state index contributed by atoms with van der Waals surface area (Å²) < 4.78 is 0. The zero-order chi connectivity index (χ0) is 33.3. The van der Waals surface area contributed by atoms with E-state index in [1.807, 2.05) is 0 Å². The molecule has 0 amide bonds. The zero-order valence-corrected chi connectivity index (χ0v) is 32.7. The van der Waals surface area contributed by atoms with Gasteiger partial charge in [0.15, 0.2) is 0 Å². The second kappa shape index (κ2) is 12.0. The number of hydrogen-bond acceptors (Lipinski definition) is 0. The SMILES string of the molecule is CC(C)[Si](C#CC[C@@H]1c2ccc3ccc4ccc5ccc(c6c5c4c3c2-6)[C@H]1CC#C[Si](C(C)C)(C(C)C)C(C)C)(C(C)C)C(C)C. The summed E-state index contributed by atoms with van der Waals surface area (Å²) in [7, 11) is -3.64. The summed E-state index contributed by atoms with van der Waals surface area (Å²) >= 11 is 0. The summed E-state index contributed by atoms with van der Waals surface area (Å²) in [6.07, 6.45) is 1.83. The second-order valence-electron chi connectivity index (χ2n) is 16.5. The van der Waals surface area contributed by atoms with Gasteiger partial charge >= 0.3 is 0 Å². The fourth-order valence-corrected chi connectivity index (χ4v) is 21.2. The molecule has 0 heterocycles. The average Bonchev–Trinajstić information content (AvgIpc) is 3.36. The van der Waals surface area contributed by atoms with Crippen molar-refractivity contribution in [3.05, 3.63) is 59.7 Å². The van der Waals surface area contributed by atoms with Gasteiger partial charge in [0.25, 0.3) is 0 Å². The van der Waals surface area contributed by atoms with E-state index < -0.39 is 16.1 Å². The molecule has 0 N–H and O–H groups in total. The van der Waals surface area contributed by atoms with E-state index in [4.69, 9.17) is 0 Å². The van der Waals surface area contributed by atoms with Gasteiger partial charge in [-0.25, -0.2) is 0 Å². The fourth-order valence-electron chi connectivity index (χ4n) is 10.7. The topological polar surface area (TPSA) is 0 Å². The fraction of sp³-hybridized carbons (Fsp3) is 0.500. The molecule has 0 saturated carbocycles. The first-order chi connectivity index (χ1) is 21.8. The van der Waals surface area contributed by atoms with E-state index in [-0.39, 0.29) is 0 Å². The maximum Gasteiger partial charge on any atom is 0.145 e. The van der Waals surface area contributed by atoms with Crippen molar-refractivity contribution in [3.63, 3.8) is 0 Å². The van der Waals surface area contributed by atoms with E-state index in [9.17, 15) is 0 Å². The van der Waals surface area contributed by atoms with Gasteiger partial charge in [-0.05, 0) is 87.8 Å². The minimum atomic E-state index is -1.82. The van der Waals surface area contributed by atoms with Gasteiger partial charge in [0, 0.05) is 24.7 Å². The Kier molecular flexibility index (Phi) is 8.66. The van der Waals surface area contributed by atoms with Crippen LogP contribution in [-0.4, -0.2) is 16.1 Å². The lowest BCUT2D eigenvalue weighted by Crippen LogP contribution is -2.43. The monoisotopic (exact) mass is 640 g/mol. The van der Waals surface area contributed by atoms with Gasteiger partial charge in [0.05, 0.1) is 0 Å². The van der Waals surface area contributed by atoms with Crippen LogP contribution >= 0.6 is 0 Å². The Labute approximate surface area is 282 Å². The molecule has 0 unspecified atom stereocenters. The molecule has 2 aliphatic rings. The Morgan fingerprint density at radius 1 is 0.435 bits per heavy atom. The molecular weight excluding hydrogens is 585 g/mol. The van der Waals surface area contributed by atoms with Gasteiger partial charge in [0.1, 0.15) is 16.1 Å². The molecule has 0 spiro atoms. The molecule has 240 valence electrons. The lowest BCUT2D eigenvalue weighted by molar-refractivity contribution is 0.554. The van der Waals surface area contributed by atoms with E-state index in [0.717, 1.165) is 12.8 Å². The molecule has 4 aromatic carbocycles. The predicted octanol–water partition coefficient (Wildman–Crippen LogP) is 13.5. The van der Waals surface area contributed by atoms with E-state index in [2.05, 4.69) is 155 Å². The molecule has 4 aromatic rings. The first-order valence-electron chi connectivity index (χ1n) is 18.2. The van der Waals surface area contributed by atoms with Crippen LogP contribution in [0.15, 0.2) is 48.5 Å². The van der Waals surface area contributed by atoms with E-state index in [0.29, 0.717) is 45.1 Å². The minimum absolute atomic E-state index is 0.349. The number of hydrogen-bond donors (Lipinski definition) is 0. The maximum absolute atomic E-state index is 4.10. The molecular formula is C44H56Si2. The quantitative estimate of drug-likeness (QED) is 0.0899. The van der Waals surface area contributed by atoms with Gasteiger partial charge in [0.2, 0.25) is 0 Å². The lowest BCUT2D eigenvalue weighted by Gasteiger charge is -2.38. The maximum atomic E-state index is 4.10. The van der Waals surface area contributed by atoms with Crippen molar-refractivity contribution in [2.24, 2.45) is 0 Å². The largest absolute Gasteiger partial charge is 0.145 e. The molecule has 2 heteroatoms. The molecule has 0 saturated heterocycles. The van der Waals surface area contributed by atoms with Crippen LogP contribution in [-0.2, 0) is 0 Å². The van der Waals surface area contributed by atoms with Gasteiger partial charge < -0.3 is 0 Å². The van der Waals surface area contributed by atoms with Crippen LogP contribution in [0.1, 0.15) is 119 Å². The van der Waals surface area contributed by atoms with Crippen LogP contribution in [0, 0.1) is 22.9 Å². The summed E-state index contributed by atoms with van der Waals surface area (Å²) in [5.41, 5.74) is 18.1. The summed E-state index contributed by atoms with van der Waals surface area (Å²) in [5.74, 6) is 8.62. The summed E-state index contributed by atoms with van der Waals surface area (Å²) in [6, 6.07) is 19.1. The number of rotatable bonds is 8. The van der Waals surface area contributed by atoms with E-state index in [1.54, 1.807) is 0 Å².